The number of aliphatic imine (C=N–C) groups is 1. The molecule has 1 aliphatic rings. The number of carbonyl (C=O) groups excluding carboxylic acids is 1. The number of benzene rings is 1. The SMILES string of the molecule is CCCCCCCCCCCC(=O)OCC1CN=C(SCc2cccc(C)c2)S1. The van der Waals surface area contributed by atoms with Crippen LogP contribution in [0.25, 0.3) is 0 Å². The van der Waals surface area contributed by atoms with E-state index in [9.17, 15) is 4.79 Å². The fourth-order valence-corrected chi connectivity index (χ4v) is 5.56. The Morgan fingerprint density at radius 2 is 1.86 bits per heavy atom. The van der Waals surface area contributed by atoms with Crippen LogP contribution in [0.1, 0.15) is 82.3 Å². The van der Waals surface area contributed by atoms with Crippen molar-refractivity contribution in [1.29, 1.82) is 0 Å². The van der Waals surface area contributed by atoms with Gasteiger partial charge in [-0.15, -0.1) is 0 Å². The van der Waals surface area contributed by atoms with Crippen LogP contribution >= 0.6 is 23.5 Å². The van der Waals surface area contributed by atoms with E-state index in [4.69, 9.17) is 4.74 Å². The van der Waals surface area contributed by atoms with Crippen molar-refractivity contribution in [2.75, 3.05) is 13.2 Å². The quantitative estimate of drug-likeness (QED) is 0.229. The molecule has 1 aliphatic heterocycles. The molecule has 0 spiro atoms. The number of thioether (sulfide) groups is 2. The zero-order valence-electron chi connectivity index (χ0n) is 18.2. The van der Waals surface area contributed by atoms with E-state index in [1.165, 1.54) is 56.1 Å². The molecule has 0 fully saturated rings. The lowest BCUT2D eigenvalue weighted by Crippen LogP contribution is -2.16. The molecule has 1 atom stereocenters. The van der Waals surface area contributed by atoms with Crippen LogP contribution in [-0.2, 0) is 15.3 Å². The Bertz CT molecular complexity index is 633. The molecule has 0 saturated heterocycles. The van der Waals surface area contributed by atoms with Gasteiger partial charge in [0.2, 0.25) is 0 Å². The highest BCUT2D eigenvalue weighted by atomic mass is 32.2. The third-order valence-electron chi connectivity index (χ3n) is 5.05. The van der Waals surface area contributed by atoms with Crippen LogP contribution in [0.4, 0.5) is 0 Å². The van der Waals surface area contributed by atoms with Crippen LogP contribution in [0, 0.1) is 6.92 Å². The first-order chi connectivity index (χ1) is 14.2. The van der Waals surface area contributed by atoms with E-state index in [2.05, 4.69) is 43.1 Å². The summed E-state index contributed by atoms with van der Waals surface area (Å²) in [7, 11) is 0. The van der Waals surface area contributed by atoms with Crippen molar-refractivity contribution in [2.45, 2.75) is 89.1 Å². The van der Waals surface area contributed by atoms with Crippen molar-refractivity contribution in [3.05, 3.63) is 35.4 Å². The number of esters is 1. The van der Waals surface area contributed by atoms with E-state index in [0.29, 0.717) is 13.0 Å². The van der Waals surface area contributed by atoms with Gasteiger partial charge in [-0.1, -0.05) is 112 Å². The molecule has 0 aliphatic carbocycles. The van der Waals surface area contributed by atoms with E-state index in [1.54, 1.807) is 23.5 Å². The summed E-state index contributed by atoms with van der Waals surface area (Å²) in [5, 5.41) is 0.280. The zero-order chi connectivity index (χ0) is 20.7. The summed E-state index contributed by atoms with van der Waals surface area (Å²) in [6, 6.07) is 8.60. The third-order valence-corrected chi connectivity index (χ3v) is 7.50. The van der Waals surface area contributed by atoms with Gasteiger partial charge in [0.05, 0.1) is 11.8 Å². The van der Waals surface area contributed by atoms with Gasteiger partial charge in [0.15, 0.2) is 0 Å². The Morgan fingerprint density at radius 3 is 2.59 bits per heavy atom. The maximum Gasteiger partial charge on any atom is 0.305 e. The van der Waals surface area contributed by atoms with Gasteiger partial charge < -0.3 is 4.74 Å². The first-order valence-electron chi connectivity index (χ1n) is 11.2. The van der Waals surface area contributed by atoms with E-state index >= 15 is 0 Å². The number of nitrogens with zero attached hydrogens (tertiary/aromatic N) is 1. The molecular formula is C24H37NO2S2. The fraction of sp³-hybridized carbons (Fsp3) is 0.667. The Hall–Kier alpha value is -0.940. The maximum atomic E-state index is 12.0. The van der Waals surface area contributed by atoms with Crippen molar-refractivity contribution >= 4 is 33.9 Å². The monoisotopic (exact) mass is 435 g/mol. The molecule has 0 radical (unpaired) electrons. The van der Waals surface area contributed by atoms with Crippen LogP contribution in [0.2, 0.25) is 0 Å². The third kappa shape index (κ3) is 11.1. The van der Waals surface area contributed by atoms with E-state index in [0.717, 1.165) is 29.5 Å². The molecule has 2 rings (SSSR count). The predicted molar refractivity (Wildman–Crippen MR) is 129 cm³/mol. The minimum Gasteiger partial charge on any atom is -0.464 e. The second kappa shape index (κ2) is 15.0. The van der Waals surface area contributed by atoms with Gasteiger partial charge in [0, 0.05) is 12.2 Å². The lowest BCUT2D eigenvalue weighted by Gasteiger charge is -2.09. The average molecular weight is 436 g/mol. The highest BCUT2D eigenvalue weighted by molar-refractivity contribution is 8.39. The minimum atomic E-state index is -0.0468. The molecule has 29 heavy (non-hydrogen) atoms. The van der Waals surface area contributed by atoms with Crippen LogP contribution in [0.3, 0.4) is 0 Å². The first kappa shape index (κ1) is 24.3. The molecule has 1 heterocycles. The molecule has 162 valence electrons. The molecule has 0 bridgehead atoms. The van der Waals surface area contributed by atoms with Crippen molar-refractivity contribution < 1.29 is 9.53 Å². The second-order valence-corrected chi connectivity index (χ2v) is 10.4. The number of hydrogen-bond acceptors (Lipinski definition) is 5. The van der Waals surface area contributed by atoms with E-state index in [1.807, 2.05) is 0 Å². The Kier molecular flexibility index (Phi) is 12.5. The smallest absolute Gasteiger partial charge is 0.305 e. The highest BCUT2D eigenvalue weighted by Crippen LogP contribution is 2.30. The highest BCUT2D eigenvalue weighted by Gasteiger charge is 2.21. The number of hydrogen-bond donors (Lipinski definition) is 0. The number of carbonyl (C=O) groups is 1. The lowest BCUT2D eigenvalue weighted by atomic mass is 10.1. The summed E-state index contributed by atoms with van der Waals surface area (Å²) in [6.07, 6.45) is 12.0. The minimum absolute atomic E-state index is 0.0468. The summed E-state index contributed by atoms with van der Waals surface area (Å²) < 4.78 is 6.60. The molecule has 3 nitrogen and oxygen atoms in total. The largest absolute Gasteiger partial charge is 0.464 e. The Balaban J connectivity index is 1.46. The van der Waals surface area contributed by atoms with Crippen molar-refractivity contribution in [3.63, 3.8) is 0 Å². The van der Waals surface area contributed by atoms with Crippen molar-refractivity contribution in [3.8, 4) is 0 Å². The topological polar surface area (TPSA) is 38.7 Å². The second-order valence-electron chi connectivity index (χ2n) is 7.89. The zero-order valence-corrected chi connectivity index (χ0v) is 19.8. The molecule has 5 heteroatoms. The summed E-state index contributed by atoms with van der Waals surface area (Å²) in [6.45, 7) is 5.61. The van der Waals surface area contributed by atoms with Crippen molar-refractivity contribution in [2.24, 2.45) is 4.99 Å². The molecule has 0 aromatic heterocycles. The molecule has 1 aromatic rings. The standard InChI is InChI=1S/C24H37NO2S2/c1-3-4-5-6-7-8-9-10-11-15-23(26)27-18-22-17-25-24(29-22)28-19-21-14-12-13-20(2)16-21/h12-14,16,22H,3-11,15,17-19H2,1-2H3. The summed E-state index contributed by atoms with van der Waals surface area (Å²) >= 11 is 3.54. The predicted octanol–water partition coefficient (Wildman–Crippen LogP) is 7.16. The number of ether oxygens (including phenoxy) is 1. The van der Waals surface area contributed by atoms with Crippen molar-refractivity contribution in [1.82, 2.24) is 0 Å². The Labute approximate surface area is 185 Å². The Morgan fingerprint density at radius 1 is 1.14 bits per heavy atom. The molecule has 0 amide bonds. The van der Waals surface area contributed by atoms with Gasteiger partial charge in [-0.05, 0) is 18.9 Å². The van der Waals surface area contributed by atoms with Crippen LogP contribution in [-0.4, -0.2) is 28.7 Å². The summed E-state index contributed by atoms with van der Waals surface area (Å²) in [5.41, 5.74) is 2.62. The molecule has 1 unspecified atom stereocenters. The number of rotatable bonds is 14. The molecule has 0 saturated carbocycles. The van der Waals surface area contributed by atoms with E-state index < -0.39 is 0 Å². The summed E-state index contributed by atoms with van der Waals surface area (Å²) in [4.78, 5) is 16.6. The lowest BCUT2D eigenvalue weighted by molar-refractivity contribution is -0.143. The van der Waals surface area contributed by atoms with E-state index in [-0.39, 0.29) is 11.2 Å². The number of aryl methyl sites for hydroxylation is 1. The van der Waals surface area contributed by atoms with Gasteiger partial charge >= 0.3 is 5.97 Å². The van der Waals surface area contributed by atoms with Gasteiger partial charge in [-0.2, -0.15) is 0 Å². The maximum absolute atomic E-state index is 12.0. The fourth-order valence-electron chi connectivity index (χ4n) is 3.34. The molecule has 1 aromatic carbocycles. The average Bonchev–Trinajstić information content (AvgIpc) is 3.17. The molecule has 0 N–H and O–H groups in total. The van der Waals surface area contributed by atoms with Crippen LogP contribution in [0.15, 0.2) is 29.3 Å². The van der Waals surface area contributed by atoms with Crippen LogP contribution < -0.4 is 0 Å². The normalized spacial score (nSPS) is 16.1. The summed E-state index contributed by atoms with van der Waals surface area (Å²) in [5.74, 6) is 0.896. The van der Waals surface area contributed by atoms with Gasteiger partial charge in [0.1, 0.15) is 11.0 Å². The number of unbranched alkanes of at least 4 members (excludes halogenated alkanes) is 8. The van der Waals surface area contributed by atoms with Crippen LogP contribution in [0.5, 0.6) is 0 Å². The van der Waals surface area contributed by atoms with Gasteiger partial charge in [0.25, 0.3) is 0 Å². The first-order valence-corrected chi connectivity index (χ1v) is 13.1. The van der Waals surface area contributed by atoms with Gasteiger partial charge in [-0.25, -0.2) is 0 Å². The van der Waals surface area contributed by atoms with Gasteiger partial charge in [-0.3, -0.25) is 9.79 Å². The molecular weight excluding hydrogens is 398 g/mol.